The van der Waals surface area contributed by atoms with Gasteiger partial charge in [0.25, 0.3) is 5.91 Å². The predicted octanol–water partition coefficient (Wildman–Crippen LogP) is 2.31. The van der Waals surface area contributed by atoms with Crippen molar-refractivity contribution in [2.24, 2.45) is 0 Å². The number of rotatable bonds is 7. The molecule has 1 atom stereocenters. The average molecular weight is 385 g/mol. The molecule has 0 aliphatic heterocycles. The van der Waals surface area contributed by atoms with E-state index in [4.69, 9.17) is 27.6 Å². The van der Waals surface area contributed by atoms with Crippen LogP contribution in [0.4, 0.5) is 5.69 Å². The molecule has 0 aliphatic rings. The molecule has 1 aromatic carbocycles. The third kappa shape index (κ3) is 5.77. The van der Waals surface area contributed by atoms with Gasteiger partial charge in [-0.15, -0.1) is 0 Å². The molecule has 0 spiro atoms. The highest BCUT2D eigenvalue weighted by Gasteiger charge is 2.18. The number of hydrogen-bond acceptors (Lipinski definition) is 3. The third-order valence-electron chi connectivity index (χ3n) is 3.65. The van der Waals surface area contributed by atoms with Gasteiger partial charge in [-0.25, -0.2) is 0 Å². The molecule has 134 valence electrons. The number of likely N-dealkylation sites (N-methyl/N-ethyl adjacent to an activating group) is 1. The van der Waals surface area contributed by atoms with Gasteiger partial charge < -0.3 is 20.0 Å². The molecule has 1 heterocycles. The van der Waals surface area contributed by atoms with Crippen LogP contribution in [0.1, 0.15) is 18.7 Å². The Bertz CT molecular complexity index is 735. The van der Waals surface area contributed by atoms with Crippen LogP contribution in [0.15, 0.2) is 41.0 Å². The van der Waals surface area contributed by atoms with Crippen LogP contribution in [0.2, 0.25) is 10.0 Å². The minimum atomic E-state index is -0.312. The molecule has 2 rings (SSSR count). The lowest BCUT2D eigenvalue weighted by atomic mass is 10.2. The molecule has 8 heteroatoms. The summed E-state index contributed by atoms with van der Waals surface area (Å²) in [5.74, 6) is 0.337. The molecule has 2 amide bonds. The number of amides is 2. The van der Waals surface area contributed by atoms with Crippen molar-refractivity contribution in [2.75, 3.05) is 25.5 Å². The Morgan fingerprint density at radius 3 is 2.68 bits per heavy atom. The van der Waals surface area contributed by atoms with Gasteiger partial charge in [-0.05, 0) is 37.3 Å². The van der Waals surface area contributed by atoms with Crippen molar-refractivity contribution in [3.63, 3.8) is 0 Å². The van der Waals surface area contributed by atoms with E-state index < -0.39 is 0 Å². The summed E-state index contributed by atoms with van der Waals surface area (Å²) in [6.07, 6.45) is 1.60. The van der Waals surface area contributed by atoms with Gasteiger partial charge in [-0.2, -0.15) is 0 Å². The van der Waals surface area contributed by atoms with Gasteiger partial charge in [0.05, 0.1) is 22.9 Å². The molecule has 0 saturated carbocycles. The summed E-state index contributed by atoms with van der Waals surface area (Å²) in [5.41, 5.74) is 0.526. The van der Waals surface area contributed by atoms with Crippen LogP contribution in [0.5, 0.6) is 0 Å². The van der Waals surface area contributed by atoms with Crippen LogP contribution < -0.4 is 10.6 Å². The van der Waals surface area contributed by atoms with Crippen LogP contribution in [-0.4, -0.2) is 36.9 Å². The van der Waals surface area contributed by atoms with Gasteiger partial charge in [0.1, 0.15) is 6.04 Å². The van der Waals surface area contributed by atoms with Crippen molar-refractivity contribution < 1.29 is 19.3 Å². The topological polar surface area (TPSA) is 79.2 Å². The standard InChI is InChI=1S/C17H19Cl2N3O3/c1-11(15-4-3-7-25-15)20-9-17(24)22(2)10-16(23)21-12-5-6-13(18)14(19)8-12/h3-8,11,20H,9-10H2,1-2H3,(H,21,23)/p+1/t11-/m1/s1. The number of hydrogen-bond donors (Lipinski definition) is 2. The molecule has 0 bridgehead atoms. The zero-order valence-electron chi connectivity index (χ0n) is 14.0. The smallest absolute Gasteiger partial charge is 0.277 e. The van der Waals surface area contributed by atoms with Crippen molar-refractivity contribution in [3.8, 4) is 0 Å². The monoisotopic (exact) mass is 384 g/mol. The fraction of sp³-hybridized carbons (Fsp3) is 0.294. The van der Waals surface area contributed by atoms with Crippen molar-refractivity contribution in [3.05, 3.63) is 52.4 Å². The quantitative estimate of drug-likeness (QED) is 0.768. The second-order valence-electron chi connectivity index (χ2n) is 5.67. The van der Waals surface area contributed by atoms with Gasteiger partial charge in [-0.1, -0.05) is 23.2 Å². The van der Waals surface area contributed by atoms with Crippen molar-refractivity contribution in [1.29, 1.82) is 0 Å². The number of nitrogens with one attached hydrogen (secondary N) is 1. The first-order chi connectivity index (χ1) is 11.9. The molecule has 0 fully saturated rings. The van der Waals surface area contributed by atoms with Gasteiger partial charge in [0, 0.05) is 12.7 Å². The van der Waals surface area contributed by atoms with Gasteiger partial charge in [0.15, 0.2) is 12.3 Å². The molecule has 0 unspecified atom stereocenters. The second kappa shape index (κ2) is 8.89. The first kappa shape index (κ1) is 19.3. The van der Waals surface area contributed by atoms with E-state index in [9.17, 15) is 9.59 Å². The number of anilines is 1. The van der Waals surface area contributed by atoms with Gasteiger partial charge in [0.2, 0.25) is 5.91 Å². The van der Waals surface area contributed by atoms with Gasteiger partial charge in [-0.3, -0.25) is 9.59 Å². The molecule has 25 heavy (non-hydrogen) atoms. The maximum Gasteiger partial charge on any atom is 0.277 e. The summed E-state index contributed by atoms with van der Waals surface area (Å²) in [6.45, 7) is 2.11. The van der Waals surface area contributed by atoms with Crippen LogP contribution in [0.3, 0.4) is 0 Å². The molecule has 3 N–H and O–H groups in total. The van der Waals surface area contributed by atoms with Crippen LogP contribution >= 0.6 is 23.2 Å². The van der Waals surface area contributed by atoms with Crippen LogP contribution in [-0.2, 0) is 9.59 Å². The molecular weight excluding hydrogens is 365 g/mol. The molecule has 0 aliphatic carbocycles. The number of benzene rings is 1. The molecule has 2 aromatic rings. The summed E-state index contributed by atoms with van der Waals surface area (Å²) in [6, 6.07) is 8.49. The zero-order chi connectivity index (χ0) is 18.4. The Morgan fingerprint density at radius 1 is 1.28 bits per heavy atom. The van der Waals surface area contributed by atoms with E-state index >= 15 is 0 Å². The van der Waals surface area contributed by atoms with E-state index in [2.05, 4.69) is 5.32 Å². The number of nitrogens with two attached hydrogens (primary N) is 1. The summed E-state index contributed by atoms with van der Waals surface area (Å²) < 4.78 is 5.30. The summed E-state index contributed by atoms with van der Waals surface area (Å²) in [5, 5.41) is 5.30. The lowest BCUT2D eigenvalue weighted by Gasteiger charge is -2.17. The highest BCUT2D eigenvalue weighted by Crippen LogP contribution is 2.24. The first-order valence-corrected chi connectivity index (χ1v) is 8.48. The Morgan fingerprint density at radius 2 is 2.04 bits per heavy atom. The van der Waals surface area contributed by atoms with E-state index in [1.54, 1.807) is 37.6 Å². The van der Waals surface area contributed by atoms with E-state index in [0.29, 0.717) is 15.7 Å². The first-order valence-electron chi connectivity index (χ1n) is 7.72. The molecule has 1 aromatic heterocycles. The zero-order valence-corrected chi connectivity index (χ0v) is 15.5. The largest absolute Gasteiger partial charge is 0.463 e. The molecule has 0 saturated heterocycles. The lowest BCUT2D eigenvalue weighted by molar-refractivity contribution is -0.684. The fourth-order valence-corrected chi connectivity index (χ4v) is 2.48. The molecule has 0 radical (unpaired) electrons. The van der Waals surface area contributed by atoms with E-state index in [1.165, 1.54) is 4.90 Å². The summed E-state index contributed by atoms with van der Waals surface area (Å²) >= 11 is 11.7. The highest BCUT2D eigenvalue weighted by atomic mass is 35.5. The minimum absolute atomic E-state index is 0.0254. The van der Waals surface area contributed by atoms with Crippen molar-refractivity contribution in [1.82, 2.24) is 4.90 Å². The van der Waals surface area contributed by atoms with Crippen molar-refractivity contribution in [2.45, 2.75) is 13.0 Å². The van der Waals surface area contributed by atoms with Crippen LogP contribution in [0, 0.1) is 0 Å². The maximum atomic E-state index is 12.1. The number of carbonyl (C=O) groups is 2. The minimum Gasteiger partial charge on any atom is -0.463 e. The number of carbonyl (C=O) groups excluding carboxylic acids is 2. The Kier molecular flexibility index (Phi) is 6.87. The number of furan rings is 1. The Hall–Kier alpha value is -2.02. The lowest BCUT2D eigenvalue weighted by Crippen LogP contribution is -2.87. The molecule has 6 nitrogen and oxygen atoms in total. The van der Waals surface area contributed by atoms with E-state index in [0.717, 1.165) is 5.76 Å². The second-order valence-corrected chi connectivity index (χ2v) is 6.49. The van der Waals surface area contributed by atoms with Crippen molar-refractivity contribution >= 4 is 40.7 Å². The highest BCUT2D eigenvalue weighted by molar-refractivity contribution is 6.42. The maximum absolute atomic E-state index is 12.1. The fourth-order valence-electron chi connectivity index (χ4n) is 2.18. The third-order valence-corrected chi connectivity index (χ3v) is 4.39. The van der Waals surface area contributed by atoms with Gasteiger partial charge >= 0.3 is 0 Å². The summed E-state index contributed by atoms with van der Waals surface area (Å²) in [7, 11) is 1.59. The average Bonchev–Trinajstić information content (AvgIpc) is 3.10. The number of halogens is 2. The summed E-state index contributed by atoms with van der Waals surface area (Å²) in [4.78, 5) is 25.6. The molecular formula is C17H20Cl2N3O3+. The van der Waals surface area contributed by atoms with Crippen LogP contribution in [0.25, 0.3) is 0 Å². The predicted molar refractivity (Wildman–Crippen MR) is 96.6 cm³/mol. The van der Waals surface area contributed by atoms with E-state index in [1.807, 2.05) is 18.3 Å². The van der Waals surface area contributed by atoms with E-state index in [-0.39, 0.29) is 30.9 Å². The Balaban J connectivity index is 1.79. The number of nitrogens with zero attached hydrogens (tertiary/aromatic N) is 1. The SMILES string of the molecule is C[C@@H]([NH2+]CC(=O)N(C)CC(=O)Nc1ccc(Cl)c(Cl)c1)c1ccco1. The number of quaternary nitrogens is 1. The Labute approximate surface area is 156 Å². The normalized spacial score (nSPS) is 11.8.